The van der Waals surface area contributed by atoms with Gasteiger partial charge < -0.3 is 0 Å². The van der Waals surface area contributed by atoms with Gasteiger partial charge >= 0.3 is 0 Å². The minimum atomic E-state index is 0.704. The van der Waals surface area contributed by atoms with Crippen molar-refractivity contribution in [1.29, 1.82) is 0 Å². The molecule has 0 radical (unpaired) electrons. The van der Waals surface area contributed by atoms with Crippen molar-refractivity contribution in [2.45, 2.75) is 53.9 Å². The van der Waals surface area contributed by atoms with Gasteiger partial charge in [-0.25, -0.2) is 0 Å². The third kappa shape index (κ3) is 1.64. The zero-order chi connectivity index (χ0) is 10.5. The molecule has 0 bridgehead atoms. The first-order valence-corrected chi connectivity index (χ1v) is 6.13. The van der Waals surface area contributed by atoms with E-state index < -0.39 is 0 Å². The quantitative estimate of drug-likeness (QED) is 0.579. The number of hydrogen-bond donors (Lipinski definition) is 0. The summed E-state index contributed by atoms with van der Waals surface area (Å²) < 4.78 is 0. The van der Waals surface area contributed by atoms with E-state index in [4.69, 9.17) is 0 Å². The lowest BCUT2D eigenvalue weighted by Gasteiger charge is -2.26. The van der Waals surface area contributed by atoms with E-state index >= 15 is 0 Å². The van der Waals surface area contributed by atoms with Crippen LogP contribution in [0.2, 0.25) is 0 Å². The van der Waals surface area contributed by atoms with Crippen molar-refractivity contribution >= 4 is 0 Å². The summed E-state index contributed by atoms with van der Waals surface area (Å²) in [6.07, 6.45) is 4.34. The molecule has 0 aromatic heterocycles. The molecule has 2 unspecified atom stereocenters. The molecule has 2 rings (SSSR count). The zero-order valence-electron chi connectivity index (χ0n) is 10.4. The lowest BCUT2D eigenvalue weighted by Crippen LogP contribution is -2.18. The molecule has 0 heteroatoms. The molecule has 1 saturated carbocycles. The summed E-state index contributed by atoms with van der Waals surface area (Å²) in [6.45, 7) is 12.0. The highest BCUT2D eigenvalue weighted by Gasteiger charge is 2.45. The Morgan fingerprint density at radius 2 is 1.71 bits per heavy atom. The van der Waals surface area contributed by atoms with Gasteiger partial charge in [-0.2, -0.15) is 0 Å². The molecule has 0 spiro atoms. The summed E-state index contributed by atoms with van der Waals surface area (Å²) in [6, 6.07) is 0. The number of hydrogen-bond acceptors (Lipinski definition) is 0. The fraction of sp³-hybridized carbons (Fsp3) is 0.857. The topological polar surface area (TPSA) is 0 Å². The second-order valence-electron chi connectivity index (χ2n) is 6.07. The van der Waals surface area contributed by atoms with Crippen molar-refractivity contribution in [2.75, 3.05) is 0 Å². The molecule has 1 fully saturated rings. The SMILES string of the molecule is CC1=C(C)C1CC(C)C(C)C1(C)CC1. The van der Waals surface area contributed by atoms with E-state index in [1.807, 2.05) is 0 Å². The van der Waals surface area contributed by atoms with Crippen molar-refractivity contribution in [3.8, 4) is 0 Å². The van der Waals surface area contributed by atoms with E-state index in [1.165, 1.54) is 19.3 Å². The van der Waals surface area contributed by atoms with Crippen LogP contribution < -0.4 is 0 Å². The van der Waals surface area contributed by atoms with Crippen molar-refractivity contribution < 1.29 is 0 Å². The van der Waals surface area contributed by atoms with E-state index in [9.17, 15) is 0 Å². The van der Waals surface area contributed by atoms with Gasteiger partial charge in [-0.05, 0) is 50.4 Å². The van der Waals surface area contributed by atoms with Crippen molar-refractivity contribution in [1.82, 2.24) is 0 Å². The summed E-state index contributed by atoms with van der Waals surface area (Å²) in [5, 5.41) is 0. The molecular weight excluding hydrogens is 168 g/mol. The molecule has 0 aromatic carbocycles. The van der Waals surface area contributed by atoms with Crippen LogP contribution in [-0.2, 0) is 0 Å². The first-order valence-electron chi connectivity index (χ1n) is 6.13. The van der Waals surface area contributed by atoms with Gasteiger partial charge in [0, 0.05) is 5.92 Å². The van der Waals surface area contributed by atoms with Gasteiger partial charge in [-0.15, -0.1) is 0 Å². The standard InChI is InChI=1S/C14H24/c1-9(8-13-10(2)11(13)3)12(4)14(5)6-7-14/h9,12-13H,6-8H2,1-5H3. The number of rotatable bonds is 4. The second kappa shape index (κ2) is 3.12. The van der Waals surface area contributed by atoms with Crippen LogP contribution in [0, 0.1) is 23.2 Å². The maximum atomic E-state index is 2.47. The Bertz CT molecular complexity index is 256. The van der Waals surface area contributed by atoms with E-state index in [2.05, 4.69) is 34.6 Å². The third-order valence-electron chi connectivity index (χ3n) is 5.18. The molecular formula is C14H24. The monoisotopic (exact) mass is 192 g/mol. The van der Waals surface area contributed by atoms with Gasteiger partial charge in [0.2, 0.25) is 0 Å². The molecule has 0 aromatic rings. The molecule has 0 heterocycles. The van der Waals surface area contributed by atoms with Crippen LogP contribution in [-0.4, -0.2) is 0 Å². The van der Waals surface area contributed by atoms with Gasteiger partial charge in [0.25, 0.3) is 0 Å². The summed E-state index contributed by atoms with van der Waals surface area (Å²) in [5.74, 6) is 2.71. The second-order valence-corrected chi connectivity index (χ2v) is 6.07. The van der Waals surface area contributed by atoms with Crippen LogP contribution >= 0.6 is 0 Å². The average Bonchev–Trinajstić information content (AvgIpc) is 3.01. The molecule has 80 valence electrons. The van der Waals surface area contributed by atoms with E-state index in [1.54, 1.807) is 11.1 Å². The Hall–Kier alpha value is -0.260. The third-order valence-corrected chi connectivity index (χ3v) is 5.18. The van der Waals surface area contributed by atoms with E-state index in [0.717, 1.165) is 17.8 Å². The Labute approximate surface area is 88.8 Å². The van der Waals surface area contributed by atoms with Crippen LogP contribution in [0.4, 0.5) is 0 Å². The van der Waals surface area contributed by atoms with Crippen LogP contribution in [0.25, 0.3) is 0 Å². The highest BCUT2D eigenvalue weighted by Crippen LogP contribution is 2.55. The molecule has 0 nitrogen and oxygen atoms in total. The first kappa shape index (κ1) is 10.3. The fourth-order valence-electron chi connectivity index (χ4n) is 2.82. The largest absolute Gasteiger partial charge is 0.0666 e. The fourth-order valence-corrected chi connectivity index (χ4v) is 2.82. The van der Waals surface area contributed by atoms with E-state index in [-0.39, 0.29) is 0 Å². The molecule has 2 atom stereocenters. The smallest absolute Gasteiger partial charge is 0.000962 e. The molecule has 14 heavy (non-hydrogen) atoms. The van der Waals surface area contributed by atoms with Gasteiger partial charge in [0.05, 0.1) is 0 Å². The van der Waals surface area contributed by atoms with Gasteiger partial charge in [0.1, 0.15) is 0 Å². The first-order chi connectivity index (χ1) is 6.46. The average molecular weight is 192 g/mol. The molecule has 0 saturated heterocycles. The Morgan fingerprint density at radius 3 is 2.07 bits per heavy atom. The molecule has 2 aliphatic rings. The van der Waals surface area contributed by atoms with Crippen molar-refractivity contribution in [3.63, 3.8) is 0 Å². The van der Waals surface area contributed by atoms with Gasteiger partial charge in [-0.3, -0.25) is 0 Å². The molecule has 0 aliphatic heterocycles. The van der Waals surface area contributed by atoms with Crippen molar-refractivity contribution in [2.24, 2.45) is 23.2 Å². The molecule has 0 N–H and O–H groups in total. The molecule has 0 amide bonds. The van der Waals surface area contributed by atoms with Crippen LogP contribution in [0.3, 0.4) is 0 Å². The Morgan fingerprint density at radius 1 is 1.21 bits per heavy atom. The number of allylic oxidation sites excluding steroid dienone is 2. The van der Waals surface area contributed by atoms with Crippen molar-refractivity contribution in [3.05, 3.63) is 11.1 Å². The van der Waals surface area contributed by atoms with E-state index in [0.29, 0.717) is 5.41 Å². The Balaban J connectivity index is 1.82. The lowest BCUT2D eigenvalue weighted by atomic mass is 9.79. The highest BCUT2D eigenvalue weighted by molar-refractivity contribution is 5.37. The summed E-state index contributed by atoms with van der Waals surface area (Å²) in [4.78, 5) is 0. The predicted octanol–water partition coefficient (Wildman–Crippen LogP) is 4.42. The van der Waals surface area contributed by atoms with Gasteiger partial charge in [-0.1, -0.05) is 31.9 Å². The summed E-state index contributed by atoms with van der Waals surface area (Å²) >= 11 is 0. The molecule has 2 aliphatic carbocycles. The van der Waals surface area contributed by atoms with Crippen LogP contribution in [0.5, 0.6) is 0 Å². The maximum absolute atomic E-state index is 2.47. The minimum absolute atomic E-state index is 0.704. The predicted molar refractivity (Wildman–Crippen MR) is 62.2 cm³/mol. The zero-order valence-corrected chi connectivity index (χ0v) is 10.4. The maximum Gasteiger partial charge on any atom is 0.000962 e. The highest BCUT2D eigenvalue weighted by atomic mass is 14.5. The van der Waals surface area contributed by atoms with Gasteiger partial charge in [0.15, 0.2) is 0 Å². The normalized spacial score (nSPS) is 28.9. The van der Waals surface area contributed by atoms with Crippen LogP contribution in [0.15, 0.2) is 11.1 Å². The van der Waals surface area contributed by atoms with Crippen LogP contribution in [0.1, 0.15) is 53.9 Å². The summed E-state index contributed by atoms with van der Waals surface area (Å²) in [5.41, 5.74) is 4.05. The minimum Gasteiger partial charge on any atom is -0.0666 e. The summed E-state index contributed by atoms with van der Waals surface area (Å²) in [7, 11) is 0. The lowest BCUT2D eigenvalue weighted by molar-refractivity contribution is 0.241. The Kier molecular flexibility index (Phi) is 2.28.